The zero-order valence-electron chi connectivity index (χ0n) is 38.8. The first-order valence-corrected chi connectivity index (χ1v) is 24.8. The highest BCUT2D eigenvalue weighted by Gasteiger charge is 2.19. The highest BCUT2D eigenvalue weighted by molar-refractivity contribution is 5.71. The average molecular weight is 825 g/mol. The van der Waals surface area contributed by atoms with Gasteiger partial charge < -0.3 is 14.2 Å². The topological polar surface area (TPSA) is 78.9 Å². The molecule has 0 aromatic carbocycles. The number of esters is 3. The van der Waals surface area contributed by atoms with E-state index < -0.39 is 6.10 Å². The van der Waals surface area contributed by atoms with Crippen molar-refractivity contribution in [1.82, 2.24) is 0 Å². The van der Waals surface area contributed by atoms with E-state index >= 15 is 0 Å². The molecule has 0 bridgehead atoms. The van der Waals surface area contributed by atoms with Gasteiger partial charge in [-0.05, 0) is 83.5 Å². The summed E-state index contributed by atoms with van der Waals surface area (Å²) in [6.07, 6.45) is 57.8. The van der Waals surface area contributed by atoms with Crippen molar-refractivity contribution in [2.75, 3.05) is 13.2 Å². The molecule has 59 heavy (non-hydrogen) atoms. The molecule has 0 heterocycles. The zero-order valence-corrected chi connectivity index (χ0v) is 38.8. The minimum atomic E-state index is -0.796. The van der Waals surface area contributed by atoms with Crippen LogP contribution in [0.5, 0.6) is 0 Å². The van der Waals surface area contributed by atoms with E-state index in [1.54, 1.807) is 0 Å². The van der Waals surface area contributed by atoms with Crippen LogP contribution in [0, 0.1) is 0 Å². The Bertz CT molecular complexity index is 1090. The molecule has 0 fully saturated rings. The van der Waals surface area contributed by atoms with Crippen molar-refractivity contribution >= 4 is 17.9 Å². The molecule has 0 rings (SSSR count). The molecule has 0 N–H and O–H groups in total. The second-order valence-corrected chi connectivity index (χ2v) is 16.4. The summed E-state index contributed by atoms with van der Waals surface area (Å²) in [6.45, 7) is 6.53. The summed E-state index contributed by atoms with van der Waals surface area (Å²) >= 11 is 0. The van der Waals surface area contributed by atoms with Crippen LogP contribution in [0.2, 0.25) is 0 Å². The highest BCUT2D eigenvalue weighted by atomic mass is 16.6. The molecule has 0 saturated carbocycles. The van der Waals surface area contributed by atoms with E-state index in [0.717, 1.165) is 77.0 Å². The number of hydrogen-bond donors (Lipinski definition) is 0. The highest BCUT2D eigenvalue weighted by Crippen LogP contribution is 2.13. The van der Waals surface area contributed by atoms with Gasteiger partial charge in [-0.15, -0.1) is 0 Å². The van der Waals surface area contributed by atoms with Gasteiger partial charge in [0.25, 0.3) is 0 Å². The van der Waals surface area contributed by atoms with E-state index in [4.69, 9.17) is 14.2 Å². The average Bonchev–Trinajstić information content (AvgIpc) is 3.23. The smallest absolute Gasteiger partial charge is 0.306 e. The summed E-state index contributed by atoms with van der Waals surface area (Å²) < 4.78 is 16.7. The van der Waals surface area contributed by atoms with Crippen LogP contribution in [0.3, 0.4) is 0 Å². The van der Waals surface area contributed by atoms with Crippen LogP contribution >= 0.6 is 0 Å². The van der Waals surface area contributed by atoms with E-state index in [0.29, 0.717) is 19.3 Å². The van der Waals surface area contributed by atoms with Crippen LogP contribution in [0.15, 0.2) is 60.8 Å². The first kappa shape index (κ1) is 56.1. The maximum absolute atomic E-state index is 12.7. The Morgan fingerprint density at radius 2 is 0.627 bits per heavy atom. The molecule has 6 nitrogen and oxygen atoms in total. The van der Waals surface area contributed by atoms with Crippen LogP contribution in [0.1, 0.15) is 239 Å². The molecule has 0 aliphatic heterocycles. The molecule has 340 valence electrons. The van der Waals surface area contributed by atoms with E-state index in [-0.39, 0.29) is 37.5 Å². The third kappa shape index (κ3) is 46.0. The van der Waals surface area contributed by atoms with Crippen molar-refractivity contribution in [3.63, 3.8) is 0 Å². The van der Waals surface area contributed by atoms with Gasteiger partial charge in [0.15, 0.2) is 6.10 Å². The quantitative estimate of drug-likeness (QED) is 0.0263. The van der Waals surface area contributed by atoms with Gasteiger partial charge in [0.2, 0.25) is 0 Å². The second-order valence-electron chi connectivity index (χ2n) is 16.4. The number of unbranched alkanes of at least 4 members (excludes halogenated alkanes) is 23. The first-order valence-electron chi connectivity index (χ1n) is 24.8. The summed E-state index contributed by atoms with van der Waals surface area (Å²) in [5.74, 6) is -0.962. The molecule has 0 unspecified atom stereocenters. The third-order valence-electron chi connectivity index (χ3n) is 10.5. The Labute approximate surface area is 364 Å². The standard InChI is InChI=1S/C53H92O6/c1-4-7-10-13-16-19-21-23-25-26-28-29-31-34-37-40-43-46-52(55)58-49-50(48-57-51(54)45-42-39-36-33-18-15-12-9-6-3)59-53(56)47-44-41-38-35-32-30-27-24-22-20-17-14-11-8-5-2/h16,19,23-25,27-29,34,37,50H,4-15,17-18,20-22,26,30-33,35-36,38-49H2,1-3H3/b19-16-,25-23-,27-24-,29-28-,37-34-/t50-/m1/s1. The van der Waals surface area contributed by atoms with Crippen molar-refractivity contribution < 1.29 is 28.6 Å². The largest absolute Gasteiger partial charge is 0.462 e. The van der Waals surface area contributed by atoms with E-state index in [1.807, 2.05) is 0 Å². The van der Waals surface area contributed by atoms with Crippen molar-refractivity contribution in [3.8, 4) is 0 Å². The maximum atomic E-state index is 12.7. The first-order chi connectivity index (χ1) is 29.0. The lowest BCUT2D eigenvalue weighted by Crippen LogP contribution is -2.30. The summed E-state index contributed by atoms with van der Waals surface area (Å²) in [5, 5.41) is 0. The second kappa shape index (κ2) is 47.8. The van der Waals surface area contributed by atoms with Crippen LogP contribution in [0.4, 0.5) is 0 Å². The van der Waals surface area contributed by atoms with E-state index in [9.17, 15) is 14.4 Å². The van der Waals surface area contributed by atoms with E-state index in [2.05, 4.69) is 81.5 Å². The van der Waals surface area contributed by atoms with Gasteiger partial charge in [-0.3, -0.25) is 14.4 Å². The lowest BCUT2D eigenvalue weighted by atomic mass is 10.1. The minimum absolute atomic E-state index is 0.0934. The zero-order chi connectivity index (χ0) is 43.0. The van der Waals surface area contributed by atoms with Crippen LogP contribution in [-0.4, -0.2) is 37.2 Å². The van der Waals surface area contributed by atoms with Gasteiger partial charge in [-0.2, -0.15) is 0 Å². The molecule has 1 atom stereocenters. The van der Waals surface area contributed by atoms with Crippen LogP contribution in [-0.2, 0) is 28.6 Å². The fourth-order valence-electron chi connectivity index (χ4n) is 6.72. The molecule has 0 aromatic heterocycles. The molecular formula is C53H92O6. The summed E-state index contributed by atoms with van der Waals surface area (Å²) in [5.41, 5.74) is 0. The number of rotatable bonds is 44. The molecule has 0 aliphatic carbocycles. The molecule has 0 radical (unpaired) electrons. The van der Waals surface area contributed by atoms with Crippen LogP contribution < -0.4 is 0 Å². The van der Waals surface area contributed by atoms with Crippen molar-refractivity contribution in [2.45, 2.75) is 245 Å². The predicted molar refractivity (Wildman–Crippen MR) is 251 cm³/mol. The van der Waals surface area contributed by atoms with Gasteiger partial charge in [-0.1, -0.05) is 197 Å². The van der Waals surface area contributed by atoms with Crippen molar-refractivity contribution in [1.29, 1.82) is 0 Å². The minimum Gasteiger partial charge on any atom is -0.462 e. The third-order valence-corrected chi connectivity index (χ3v) is 10.5. The molecule has 0 spiro atoms. The normalized spacial score (nSPS) is 12.5. The number of carbonyl (C=O) groups is 3. The van der Waals surface area contributed by atoms with Gasteiger partial charge in [-0.25, -0.2) is 0 Å². The number of ether oxygens (including phenoxy) is 3. The maximum Gasteiger partial charge on any atom is 0.306 e. The molecule has 0 amide bonds. The molecule has 6 heteroatoms. The Kier molecular flexibility index (Phi) is 45.4. The molecule has 0 aromatic rings. The van der Waals surface area contributed by atoms with Gasteiger partial charge in [0.1, 0.15) is 13.2 Å². The Morgan fingerprint density at radius 1 is 0.339 bits per heavy atom. The lowest BCUT2D eigenvalue weighted by Gasteiger charge is -2.18. The Balaban J connectivity index is 4.44. The summed E-state index contributed by atoms with van der Waals surface area (Å²) in [7, 11) is 0. The Hall–Kier alpha value is -2.89. The number of hydrogen-bond acceptors (Lipinski definition) is 6. The Morgan fingerprint density at radius 3 is 1.07 bits per heavy atom. The van der Waals surface area contributed by atoms with Crippen molar-refractivity contribution in [3.05, 3.63) is 60.8 Å². The molecule has 0 saturated heterocycles. The predicted octanol–water partition coefficient (Wildman–Crippen LogP) is 16.1. The van der Waals surface area contributed by atoms with E-state index in [1.165, 1.54) is 116 Å². The van der Waals surface area contributed by atoms with Crippen molar-refractivity contribution in [2.24, 2.45) is 0 Å². The lowest BCUT2D eigenvalue weighted by molar-refractivity contribution is -0.167. The van der Waals surface area contributed by atoms with Crippen LogP contribution in [0.25, 0.3) is 0 Å². The molecular weight excluding hydrogens is 733 g/mol. The number of carbonyl (C=O) groups excluding carboxylic acids is 3. The fraction of sp³-hybridized carbons (Fsp3) is 0.755. The number of allylic oxidation sites excluding steroid dienone is 10. The monoisotopic (exact) mass is 825 g/mol. The fourth-order valence-corrected chi connectivity index (χ4v) is 6.72. The van der Waals surface area contributed by atoms with Gasteiger partial charge >= 0.3 is 17.9 Å². The summed E-state index contributed by atoms with van der Waals surface area (Å²) in [6, 6.07) is 0. The van der Waals surface area contributed by atoms with Gasteiger partial charge in [0, 0.05) is 19.3 Å². The molecule has 0 aliphatic rings. The SMILES string of the molecule is CCCCC/C=C\C/C=C\C/C=C\C/C=C\CCCC(=O)OC[C@@H](COC(=O)CCCCCCCCCCC)OC(=O)CCCCCCC/C=C\CCCCCCCC. The van der Waals surface area contributed by atoms with Gasteiger partial charge in [0.05, 0.1) is 0 Å². The summed E-state index contributed by atoms with van der Waals surface area (Å²) in [4.78, 5) is 37.8.